The second-order valence-electron chi connectivity index (χ2n) is 7.94. The number of rotatable bonds is 5. The number of hydrogen-bond donors (Lipinski definition) is 2. The largest absolute Gasteiger partial charge is 0.332 e. The molecule has 2 N–H and O–H groups in total. The molecule has 1 atom stereocenters. The predicted octanol–water partition coefficient (Wildman–Crippen LogP) is 3.54. The molecule has 26 heavy (non-hydrogen) atoms. The quantitative estimate of drug-likeness (QED) is 0.720. The summed E-state index contributed by atoms with van der Waals surface area (Å²) >= 11 is 4.34. The Morgan fingerprint density at radius 2 is 1.69 bits per heavy atom. The molecule has 4 bridgehead atoms. The molecule has 5 rings (SSSR count). The van der Waals surface area contributed by atoms with Crippen LogP contribution in [0.2, 0.25) is 0 Å². The molecule has 3 amide bonds. The predicted molar refractivity (Wildman–Crippen MR) is 105 cm³/mol. The maximum absolute atomic E-state index is 12.5. The minimum atomic E-state index is -0.389. The van der Waals surface area contributed by atoms with Crippen LogP contribution < -0.4 is 10.6 Å². The van der Waals surface area contributed by atoms with Crippen LogP contribution in [0, 0.1) is 17.8 Å². The van der Waals surface area contributed by atoms with Crippen LogP contribution in [0.3, 0.4) is 0 Å². The van der Waals surface area contributed by atoms with E-state index in [0.29, 0.717) is 0 Å². The molecule has 1 aromatic rings. The van der Waals surface area contributed by atoms with Crippen molar-refractivity contribution in [3.8, 4) is 0 Å². The van der Waals surface area contributed by atoms with E-state index in [1.54, 1.807) is 6.92 Å². The van der Waals surface area contributed by atoms with Gasteiger partial charge in [0.25, 0.3) is 0 Å². The van der Waals surface area contributed by atoms with E-state index in [9.17, 15) is 9.59 Å². The third kappa shape index (κ3) is 3.89. The highest BCUT2D eigenvalue weighted by Gasteiger charge is 2.51. The van der Waals surface area contributed by atoms with Gasteiger partial charge in [-0.3, -0.25) is 10.1 Å². The van der Waals surface area contributed by atoms with Crippen molar-refractivity contribution in [1.82, 2.24) is 20.8 Å². The lowest BCUT2D eigenvalue weighted by atomic mass is 9.53. The van der Waals surface area contributed by atoms with Crippen LogP contribution in [0.1, 0.15) is 45.4 Å². The Hall–Kier alpha value is -0.800. The fraction of sp³-hybridized carbons (Fsp3) is 0.765. The number of nitrogens with one attached hydrogen (secondary N) is 2. The maximum Gasteiger partial charge on any atom is 0.321 e. The molecule has 0 aliphatic heterocycles. The minimum absolute atomic E-state index is 0.0814. The first-order valence-corrected chi connectivity index (χ1v) is 12.0. The number of carbonyl (C=O) groups excluding carboxylic acids is 2. The lowest BCUT2D eigenvalue weighted by Crippen LogP contribution is -2.62. The van der Waals surface area contributed by atoms with Gasteiger partial charge in [-0.1, -0.05) is 34.9 Å². The molecule has 1 aromatic heterocycles. The molecule has 4 saturated carbocycles. The minimum Gasteiger partial charge on any atom is -0.332 e. The first-order chi connectivity index (χ1) is 12.4. The van der Waals surface area contributed by atoms with E-state index < -0.39 is 0 Å². The molecule has 4 aliphatic rings. The van der Waals surface area contributed by atoms with Crippen molar-refractivity contribution in [1.29, 1.82) is 0 Å². The second-order valence-corrected chi connectivity index (χ2v) is 11.6. The Morgan fingerprint density at radius 3 is 2.23 bits per heavy atom. The van der Waals surface area contributed by atoms with E-state index in [1.165, 1.54) is 54.1 Å². The fourth-order valence-electron chi connectivity index (χ4n) is 5.28. The summed E-state index contributed by atoms with van der Waals surface area (Å²) in [4.78, 5) is 24.8. The van der Waals surface area contributed by atoms with E-state index in [4.69, 9.17) is 0 Å². The molecular formula is C17H24N4O2S3. The molecule has 142 valence electrons. The third-order valence-corrected chi connectivity index (χ3v) is 8.95. The molecule has 1 heterocycles. The highest BCUT2D eigenvalue weighted by molar-refractivity contribution is 8.03. The highest BCUT2D eigenvalue weighted by atomic mass is 32.2. The van der Waals surface area contributed by atoms with Gasteiger partial charge in [0.1, 0.15) is 0 Å². The molecule has 0 radical (unpaired) electrons. The van der Waals surface area contributed by atoms with Gasteiger partial charge in [-0.05, 0) is 69.5 Å². The van der Waals surface area contributed by atoms with Crippen molar-refractivity contribution in [3.05, 3.63) is 0 Å². The van der Waals surface area contributed by atoms with Crippen molar-refractivity contribution in [3.63, 3.8) is 0 Å². The van der Waals surface area contributed by atoms with Gasteiger partial charge in [-0.25, -0.2) is 4.79 Å². The van der Waals surface area contributed by atoms with Crippen LogP contribution in [-0.2, 0) is 4.79 Å². The van der Waals surface area contributed by atoms with Crippen LogP contribution in [0.5, 0.6) is 0 Å². The van der Waals surface area contributed by atoms with Crippen molar-refractivity contribution in [2.24, 2.45) is 17.8 Å². The zero-order valence-corrected chi connectivity index (χ0v) is 17.4. The number of imide groups is 1. The summed E-state index contributed by atoms with van der Waals surface area (Å²) < 4.78 is 1.62. The van der Waals surface area contributed by atoms with Gasteiger partial charge in [0.15, 0.2) is 8.68 Å². The monoisotopic (exact) mass is 412 g/mol. The Labute approximate surface area is 166 Å². The summed E-state index contributed by atoms with van der Waals surface area (Å²) in [6.07, 6.45) is 9.16. The van der Waals surface area contributed by atoms with E-state index in [1.807, 2.05) is 6.26 Å². The van der Waals surface area contributed by atoms with Gasteiger partial charge in [0.2, 0.25) is 5.91 Å². The molecule has 4 fully saturated rings. The summed E-state index contributed by atoms with van der Waals surface area (Å²) in [5, 5.41) is 13.4. The van der Waals surface area contributed by atoms with Crippen molar-refractivity contribution in [2.75, 3.05) is 6.26 Å². The maximum atomic E-state index is 12.5. The molecule has 0 saturated heterocycles. The molecule has 4 aliphatic carbocycles. The summed E-state index contributed by atoms with van der Waals surface area (Å²) in [5.74, 6) is 2.00. The standard InChI is InChI=1S/C17H24N4O2S3/c1-9(25-16-21-20-15(24-2)26-16)13(22)18-14(23)19-17-6-10-3-11(7-17)5-12(4-10)8-17/h9-12H,3-8H2,1-2H3,(H2,18,19,22,23). The SMILES string of the molecule is CSc1nnc(SC(C)C(=O)NC(=O)NC23CC4CC(CC(C4)C2)C3)s1. The third-order valence-electron chi connectivity index (χ3n) is 5.86. The number of thioether (sulfide) groups is 2. The van der Waals surface area contributed by atoms with Crippen LogP contribution in [0.25, 0.3) is 0 Å². The average Bonchev–Trinajstić information content (AvgIpc) is 3.00. The van der Waals surface area contributed by atoms with E-state index in [-0.39, 0.29) is 22.7 Å². The number of carbonyl (C=O) groups is 2. The Bertz CT molecular complexity index is 673. The fourth-order valence-corrected chi connectivity index (χ4v) is 7.86. The molecule has 0 aromatic carbocycles. The first-order valence-electron chi connectivity index (χ1n) is 9.12. The summed E-state index contributed by atoms with van der Waals surface area (Å²) in [7, 11) is 0. The highest BCUT2D eigenvalue weighted by Crippen LogP contribution is 2.55. The lowest BCUT2D eigenvalue weighted by molar-refractivity contribution is -0.119. The number of amides is 3. The first kappa shape index (κ1) is 18.6. The van der Waals surface area contributed by atoms with Gasteiger partial charge in [0.05, 0.1) is 5.25 Å². The number of nitrogens with zero attached hydrogens (tertiary/aromatic N) is 2. The molecule has 9 heteroatoms. The van der Waals surface area contributed by atoms with Gasteiger partial charge >= 0.3 is 6.03 Å². The summed E-state index contributed by atoms with van der Waals surface area (Å²) in [6.45, 7) is 1.79. The molecule has 0 spiro atoms. The van der Waals surface area contributed by atoms with Gasteiger partial charge in [-0.2, -0.15) is 0 Å². The number of hydrogen-bond acceptors (Lipinski definition) is 7. The van der Waals surface area contributed by atoms with Crippen LogP contribution >= 0.6 is 34.9 Å². The van der Waals surface area contributed by atoms with Gasteiger partial charge in [-0.15, -0.1) is 10.2 Å². The van der Waals surface area contributed by atoms with Crippen LogP contribution in [-0.4, -0.2) is 39.2 Å². The van der Waals surface area contributed by atoms with Crippen molar-refractivity contribution >= 4 is 46.8 Å². The molecule has 1 unspecified atom stereocenters. The topological polar surface area (TPSA) is 84.0 Å². The number of urea groups is 1. The Balaban J connectivity index is 1.31. The van der Waals surface area contributed by atoms with E-state index in [2.05, 4.69) is 20.8 Å². The zero-order valence-electron chi connectivity index (χ0n) is 15.0. The Morgan fingerprint density at radius 1 is 1.12 bits per heavy atom. The normalized spacial score (nSPS) is 33.1. The van der Waals surface area contributed by atoms with Crippen molar-refractivity contribution in [2.45, 2.75) is 64.9 Å². The van der Waals surface area contributed by atoms with Crippen LogP contribution in [0.15, 0.2) is 8.68 Å². The Kier molecular flexibility index (Phi) is 5.22. The zero-order chi connectivity index (χ0) is 18.3. The lowest BCUT2D eigenvalue weighted by Gasteiger charge is -2.56. The molecular weight excluding hydrogens is 388 g/mol. The summed E-state index contributed by atoms with van der Waals surface area (Å²) in [6, 6.07) is -0.341. The number of aromatic nitrogens is 2. The van der Waals surface area contributed by atoms with Crippen molar-refractivity contribution < 1.29 is 9.59 Å². The van der Waals surface area contributed by atoms with Gasteiger partial charge in [0, 0.05) is 5.54 Å². The van der Waals surface area contributed by atoms with Crippen LogP contribution in [0.4, 0.5) is 4.79 Å². The van der Waals surface area contributed by atoms with E-state index in [0.717, 1.165) is 45.7 Å². The van der Waals surface area contributed by atoms with Gasteiger partial charge < -0.3 is 5.32 Å². The van der Waals surface area contributed by atoms with E-state index >= 15 is 0 Å². The second kappa shape index (κ2) is 7.31. The average molecular weight is 413 g/mol. The smallest absolute Gasteiger partial charge is 0.321 e. The molecule has 6 nitrogen and oxygen atoms in total. The summed E-state index contributed by atoms with van der Waals surface area (Å²) in [5.41, 5.74) is -0.0814.